The van der Waals surface area contributed by atoms with Gasteiger partial charge in [0.1, 0.15) is 5.82 Å². The van der Waals surface area contributed by atoms with Crippen LogP contribution in [-0.4, -0.2) is 18.4 Å². The average molecular weight is 236 g/mol. The topological polar surface area (TPSA) is 58.2 Å². The highest BCUT2D eigenvalue weighted by Crippen LogP contribution is 2.15. The molecule has 1 aromatic carbocycles. The maximum atomic E-state index is 12.9. The number of anilines is 1. The predicted octanol–water partition coefficient (Wildman–Crippen LogP) is 1.29. The Morgan fingerprint density at radius 3 is 2.94 bits per heavy atom. The molecule has 5 heteroatoms. The van der Waals surface area contributed by atoms with Gasteiger partial charge < -0.3 is 10.6 Å². The lowest BCUT2D eigenvalue weighted by molar-refractivity contribution is -0.126. The average Bonchev–Trinajstić information content (AvgIpc) is 2.29. The molecule has 4 nitrogen and oxygen atoms in total. The van der Waals surface area contributed by atoms with E-state index in [1.165, 1.54) is 18.2 Å². The zero-order chi connectivity index (χ0) is 12.3. The van der Waals surface area contributed by atoms with E-state index < -0.39 is 0 Å². The van der Waals surface area contributed by atoms with Gasteiger partial charge in [-0.05, 0) is 24.6 Å². The minimum Gasteiger partial charge on any atom is -0.355 e. The number of hydrogen-bond acceptors (Lipinski definition) is 2. The van der Waals surface area contributed by atoms with Crippen LogP contribution in [0.1, 0.15) is 12.8 Å². The van der Waals surface area contributed by atoms with E-state index in [1.54, 1.807) is 6.07 Å². The van der Waals surface area contributed by atoms with Gasteiger partial charge in [-0.15, -0.1) is 0 Å². The van der Waals surface area contributed by atoms with Crippen molar-refractivity contribution < 1.29 is 14.0 Å². The summed E-state index contributed by atoms with van der Waals surface area (Å²) < 4.78 is 12.9. The second-order valence-corrected chi connectivity index (χ2v) is 4.04. The van der Waals surface area contributed by atoms with E-state index >= 15 is 0 Å². The number of benzene rings is 1. The molecule has 1 fully saturated rings. The molecular weight excluding hydrogens is 223 g/mol. The molecule has 1 aliphatic rings. The highest BCUT2D eigenvalue weighted by Gasteiger charge is 2.24. The number of rotatable bonds is 2. The molecule has 0 saturated carbocycles. The van der Waals surface area contributed by atoms with Crippen molar-refractivity contribution in [2.45, 2.75) is 12.8 Å². The molecule has 1 atom stereocenters. The summed E-state index contributed by atoms with van der Waals surface area (Å²) in [6.07, 6.45) is 0.897. The minimum absolute atomic E-state index is 0.0280. The number of carbonyl (C=O) groups excluding carboxylic acids is 2. The van der Waals surface area contributed by atoms with E-state index in [0.717, 1.165) is 0 Å². The Morgan fingerprint density at radius 1 is 1.47 bits per heavy atom. The molecule has 0 aliphatic carbocycles. The molecule has 0 aromatic heterocycles. The third kappa shape index (κ3) is 3.03. The smallest absolute Gasteiger partial charge is 0.229 e. The third-order valence-corrected chi connectivity index (χ3v) is 2.73. The SMILES string of the molecule is O=C1CCC(C(=O)Nc2cccc(F)c2)CN1. The maximum absolute atomic E-state index is 12.9. The van der Waals surface area contributed by atoms with Crippen molar-refractivity contribution in [3.05, 3.63) is 30.1 Å². The first-order chi connectivity index (χ1) is 8.15. The summed E-state index contributed by atoms with van der Waals surface area (Å²) in [6.45, 7) is 0.347. The molecule has 0 radical (unpaired) electrons. The molecule has 1 saturated heterocycles. The number of amides is 2. The Labute approximate surface area is 98.2 Å². The normalized spacial score (nSPS) is 19.6. The quantitative estimate of drug-likeness (QED) is 0.813. The van der Waals surface area contributed by atoms with Crippen molar-refractivity contribution in [2.24, 2.45) is 5.92 Å². The Balaban J connectivity index is 1.95. The fourth-order valence-corrected chi connectivity index (χ4v) is 1.77. The van der Waals surface area contributed by atoms with Crippen molar-refractivity contribution in [3.8, 4) is 0 Å². The fraction of sp³-hybridized carbons (Fsp3) is 0.333. The summed E-state index contributed by atoms with van der Waals surface area (Å²) in [5, 5.41) is 5.27. The van der Waals surface area contributed by atoms with Gasteiger partial charge in [0, 0.05) is 18.7 Å². The van der Waals surface area contributed by atoms with Crippen LogP contribution in [0.2, 0.25) is 0 Å². The molecule has 1 aliphatic heterocycles. The third-order valence-electron chi connectivity index (χ3n) is 2.73. The predicted molar refractivity (Wildman–Crippen MR) is 60.8 cm³/mol. The highest BCUT2D eigenvalue weighted by molar-refractivity contribution is 5.94. The number of nitrogens with one attached hydrogen (secondary N) is 2. The molecular formula is C12H13FN2O2. The van der Waals surface area contributed by atoms with Gasteiger partial charge >= 0.3 is 0 Å². The van der Waals surface area contributed by atoms with Crippen molar-refractivity contribution >= 4 is 17.5 Å². The van der Waals surface area contributed by atoms with Gasteiger partial charge in [0.2, 0.25) is 11.8 Å². The summed E-state index contributed by atoms with van der Waals surface area (Å²) in [7, 11) is 0. The molecule has 1 aromatic rings. The number of carbonyl (C=O) groups is 2. The van der Waals surface area contributed by atoms with E-state index in [4.69, 9.17) is 0 Å². The lowest BCUT2D eigenvalue weighted by atomic mass is 9.98. The number of hydrogen-bond donors (Lipinski definition) is 2. The first kappa shape index (κ1) is 11.6. The van der Waals surface area contributed by atoms with Crippen LogP contribution in [0.4, 0.5) is 10.1 Å². The van der Waals surface area contributed by atoms with Crippen LogP contribution in [0, 0.1) is 11.7 Å². The molecule has 17 heavy (non-hydrogen) atoms. The first-order valence-electron chi connectivity index (χ1n) is 5.48. The summed E-state index contributed by atoms with van der Waals surface area (Å²) >= 11 is 0. The Bertz CT molecular complexity index is 438. The molecule has 2 rings (SSSR count). The van der Waals surface area contributed by atoms with Crippen LogP contribution in [0.3, 0.4) is 0 Å². The number of halogens is 1. The molecule has 90 valence electrons. The fourth-order valence-electron chi connectivity index (χ4n) is 1.77. The van der Waals surface area contributed by atoms with E-state index in [1.807, 2.05) is 0 Å². The Morgan fingerprint density at radius 2 is 2.29 bits per heavy atom. The second-order valence-electron chi connectivity index (χ2n) is 4.04. The van der Waals surface area contributed by atoms with Crippen molar-refractivity contribution in [1.29, 1.82) is 0 Å². The summed E-state index contributed by atoms with van der Waals surface area (Å²) in [6, 6.07) is 5.74. The van der Waals surface area contributed by atoms with E-state index in [2.05, 4.69) is 10.6 Å². The van der Waals surface area contributed by atoms with Crippen LogP contribution >= 0.6 is 0 Å². The first-order valence-corrected chi connectivity index (χ1v) is 5.48. The number of piperidine rings is 1. The van der Waals surface area contributed by atoms with Crippen LogP contribution in [0.5, 0.6) is 0 Å². The standard InChI is InChI=1S/C12H13FN2O2/c13-9-2-1-3-10(6-9)15-12(17)8-4-5-11(16)14-7-8/h1-3,6,8H,4-5,7H2,(H,14,16)(H,15,17). The van der Waals surface area contributed by atoms with Gasteiger partial charge in [-0.2, -0.15) is 0 Å². The van der Waals surface area contributed by atoms with Crippen LogP contribution in [-0.2, 0) is 9.59 Å². The van der Waals surface area contributed by atoms with Gasteiger partial charge in [-0.25, -0.2) is 4.39 Å². The Hall–Kier alpha value is -1.91. The van der Waals surface area contributed by atoms with E-state index in [9.17, 15) is 14.0 Å². The molecule has 2 N–H and O–H groups in total. The lowest BCUT2D eigenvalue weighted by Gasteiger charge is -2.21. The molecule has 0 bridgehead atoms. The van der Waals surface area contributed by atoms with Crippen molar-refractivity contribution in [2.75, 3.05) is 11.9 Å². The summed E-state index contributed by atoms with van der Waals surface area (Å²) in [5.74, 6) is -0.842. The summed E-state index contributed by atoms with van der Waals surface area (Å²) in [4.78, 5) is 22.7. The van der Waals surface area contributed by atoms with Gasteiger partial charge in [-0.3, -0.25) is 9.59 Å². The van der Waals surface area contributed by atoms with Gasteiger partial charge in [0.05, 0.1) is 5.92 Å². The zero-order valence-corrected chi connectivity index (χ0v) is 9.20. The van der Waals surface area contributed by atoms with Crippen LogP contribution < -0.4 is 10.6 Å². The zero-order valence-electron chi connectivity index (χ0n) is 9.20. The molecule has 0 spiro atoms. The summed E-state index contributed by atoms with van der Waals surface area (Å²) in [5.41, 5.74) is 0.437. The van der Waals surface area contributed by atoms with Gasteiger partial charge in [0.15, 0.2) is 0 Å². The van der Waals surface area contributed by atoms with Crippen molar-refractivity contribution in [1.82, 2.24) is 5.32 Å². The highest BCUT2D eigenvalue weighted by atomic mass is 19.1. The van der Waals surface area contributed by atoms with E-state index in [0.29, 0.717) is 25.1 Å². The van der Waals surface area contributed by atoms with E-state index in [-0.39, 0.29) is 23.5 Å². The lowest BCUT2D eigenvalue weighted by Crippen LogP contribution is -2.40. The minimum atomic E-state index is -0.389. The van der Waals surface area contributed by atoms with Crippen LogP contribution in [0.25, 0.3) is 0 Å². The molecule has 2 amide bonds. The Kier molecular flexibility index (Phi) is 3.37. The largest absolute Gasteiger partial charge is 0.355 e. The maximum Gasteiger partial charge on any atom is 0.229 e. The van der Waals surface area contributed by atoms with Gasteiger partial charge in [0.25, 0.3) is 0 Å². The van der Waals surface area contributed by atoms with Gasteiger partial charge in [-0.1, -0.05) is 6.07 Å². The molecule has 1 unspecified atom stereocenters. The van der Waals surface area contributed by atoms with Crippen molar-refractivity contribution in [3.63, 3.8) is 0 Å². The monoisotopic (exact) mass is 236 g/mol. The second kappa shape index (κ2) is 4.95. The van der Waals surface area contributed by atoms with Crippen LogP contribution in [0.15, 0.2) is 24.3 Å². The molecule has 1 heterocycles.